The average Bonchev–Trinajstić information content (AvgIpc) is 3.05. The van der Waals surface area contributed by atoms with Gasteiger partial charge in [-0.2, -0.15) is 4.98 Å². The van der Waals surface area contributed by atoms with Crippen LogP contribution in [-0.4, -0.2) is 16.0 Å². The van der Waals surface area contributed by atoms with Gasteiger partial charge < -0.3 is 9.84 Å². The lowest BCUT2D eigenvalue weighted by molar-refractivity contribution is -0.119. The first-order chi connectivity index (χ1) is 11.6. The standard InChI is InChI=1S/C18H16ClN3O2/c1-12(23)20-16(10-13-6-3-2-4-7-13)18-21-17(22-24-18)14-8-5-9-15(19)11-14/h2-9,11,16H,10H2,1H3,(H,20,23). The molecule has 0 saturated heterocycles. The predicted octanol–water partition coefficient (Wildman–Crippen LogP) is 3.81. The van der Waals surface area contributed by atoms with Crippen molar-refractivity contribution < 1.29 is 9.32 Å². The third-order valence-electron chi connectivity index (χ3n) is 3.48. The maximum absolute atomic E-state index is 11.5. The number of carbonyl (C=O) groups is 1. The molecule has 0 bridgehead atoms. The van der Waals surface area contributed by atoms with E-state index in [9.17, 15) is 4.79 Å². The number of hydrogen-bond donors (Lipinski definition) is 1. The van der Waals surface area contributed by atoms with Crippen LogP contribution in [0.3, 0.4) is 0 Å². The van der Waals surface area contributed by atoms with Crippen molar-refractivity contribution in [3.05, 3.63) is 71.1 Å². The van der Waals surface area contributed by atoms with Crippen molar-refractivity contribution in [3.63, 3.8) is 0 Å². The Morgan fingerprint density at radius 3 is 2.71 bits per heavy atom. The summed E-state index contributed by atoms with van der Waals surface area (Å²) in [6.45, 7) is 1.46. The minimum Gasteiger partial charge on any atom is -0.344 e. The van der Waals surface area contributed by atoms with Crippen molar-refractivity contribution in [1.29, 1.82) is 0 Å². The second kappa shape index (κ2) is 7.27. The van der Waals surface area contributed by atoms with E-state index >= 15 is 0 Å². The summed E-state index contributed by atoms with van der Waals surface area (Å²) >= 11 is 6.00. The third kappa shape index (κ3) is 4.00. The van der Waals surface area contributed by atoms with Gasteiger partial charge in [0.15, 0.2) is 0 Å². The van der Waals surface area contributed by atoms with Crippen LogP contribution in [0, 0.1) is 0 Å². The predicted molar refractivity (Wildman–Crippen MR) is 91.4 cm³/mol. The van der Waals surface area contributed by atoms with E-state index in [0.717, 1.165) is 11.1 Å². The zero-order chi connectivity index (χ0) is 16.9. The average molecular weight is 342 g/mol. The van der Waals surface area contributed by atoms with Gasteiger partial charge in [0.2, 0.25) is 17.6 Å². The molecule has 0 aliphatic carbocycles. The first-order valence-electron chi connectivity index (χ1n) is 7.52. The molecule has 2 aromatic carbocycles. The Balaban J connectivity index is 1.87. The van der Waals surface area contributed by atoms with Crippen molar-refractivity contribution in [2.75, 3.05) is 0 Å². The van der Waals surface area contributed by atoms with E-state index in [1.807, 2.05) is 42.5 Å². The summed E-state index contributed by atoms with van der Waals surface area (Å²) in [5, 5.41) is 7.46. The van der Waals surface area contributed by atoms with Crippen molar-refractivity contribution in [2.24, 2.45) is 0 Å². The maximum atomic E-state index is 11.5. The van der Waals surface area contributed by atoms with Crippen LogP contribution in [0.1, 0.15) is 24.4 Å². The number of nitrogens with one attached hydrogen (secondary N) is 1. The highest BCUT2D eigenvalue weighted by Gasteiger charge is 2.21. The monoisotopic (exact) mass is 341 g/mol. The lowest BCUT2D eigenvalue weighted by Crippen LogP contribution is -2.28. The summed E-state index contributed by atoms with van der Waals surface area (Å²) in [5.41, 5.74) is 1.83. The van der Waals surface area contributed by atoms with Gasteiger partial charge in [0, 0.05) is 23.9 Å². The molecule has 1 unspecified atom stereocenters. The first-order valence-corrected chi connectivity index (χ1v) is 7.90. The Kier molecular flexibility index (Phi) is 4.91. The summed E-state index contributed by atoms with van der Waals surface area (Å²) in [6.07, 6.45) is 0.567. The molecular formula is C18H16ClN3O2. The number of nitrogens with zero attached hydrogens (tertiary/aromatic N) is 2. The van der Waals surface area contributed by atoms with Crippen LogP contribution in [0.5, 0.6) is 0 Å². The second-order valence-corrected chi connectivity index (χ2v) is 5.85. The summed E-state index contributed by atoms with van der Waals surface area (Å²) in [7, 11) is 0. The Morgan fingerprint density at radius 2 is 2.00 bits per heavy atom. The molecule has 3 aromatic rings. The van der Waals surface area contributed by atoms with Gasteiger partial charge >= 0.3 is 0 Å². The van der Waals surface area contributed by atoms with Crippen molar-refractivity contribution in [1.82, 2.24) is 15.5 Å². The van der Waals surface area contributed by atoms with E-state index in [0.29, 0.717) is 23.2 Å². The molecule has 1 aromatic heterocycles. The van der Waals surface area contributed by atoms with E-state index in [1.54, 1.807) is 12.1 Å². The van der Waals surface area contributed by atoms with Gasteiger partial charge in [-0.15, -0.1) is 0 Å². The van der Waals surface area contributed by atoms with Gasteiger partial charge in [-0.05, 0) is 17.7 Å². The highest BCUT2D eigenvalue weighted by molar-refractivity contribution is 6.30. The summed E-state index contributed by atoms with van der Waals surface area (Å²) in [6, 6.07) is 16.7. The van der Waals surface area contributed by atoms with E-state index < -0.39 is 0 Å². The molecule has 6 heteroatoms. The molecule has 0 aliphatic rings. The molecule has 3 rings (SSSR count). The number of carbonyl (C=O) groups excluding carboxylic acids is 1. The highest BCUT2D eigenvalue weighted by atomic mass is 35.5. The van der Waals surface area contributed by atoms with Gasteiger partial charge in [-0.25, -0.2) is 0 Å². The normalized spacial score (nSPS) is 11.9. The molecular weight excluding hydrogens is 326 g/mol. The summed E-state index contributed by atoms with van der Waals surface area (Å²) in [5.74, 6) is 0.651. The maximum Gasteiger partial charge on any atom is 0.249 e. The van der Waals surface area contributed by atoms with Crippen LogP contribution < -0.4 is 5.32 Å². The van der Waals surface area contributed by atoms with Crippen LogP contribution in [0.25, 0.3) is 11.4 Å². The number of aromatic nitrogens is 2. The topological polar surface area (TPSA) is 68.0 Å². The number of hydrogen-bond acceptors (Lipinski definition) is 4. The smallest absolute Gasteiger partial charge is 0.249 e. The Morgan fingerprint density at radius 1 is 1.21 bits per heavy atom. The lowest BCUT2D eigenvalue weighted by atomic mass is 10.1. The molecule has 1 amide bonds. The molecule has 1 N–H and O–H groups in total. The van der Waals surface area contributed by atoms with Gasteiger partial charge in [-0.1, -0.05) is 59.2 Å². The zero-order valence-corrected chi connectivity index (χ0v) is 13.8. The first kappa shape index (κ1) is 16.2. The SMILES string of the molecule is CC(=O)NC(Cc1ccccc1)c1nc(-c2cccc(Cl)c2)no1. The quantitative estimate of drug-likeness (QED) is 0.766. The van der Waals surface area contributed by atoms with Gasteiger partial charge in [-0.3, -0.25) is 4.79 Å². The van der Waals surface area contributed by atoms with Crippen LogP contribution in [0.15, 0.2) is 59.1 Å². The number of benzene rings is 2. The number of halogens is 1. The largest absolute Gasteiger partial charge is 0.344 e. The molecule has 0 fully saturated rings. The van der Waals surface area contributed by atoms with E-state index in [2.05, 4.69) is 15.5 Å². The van der Waals surface area contributed by atoms with Crippen LogP contribution in [0.4, 0.5) is 0 Å². The number of rotatable bonds is 5. The zero-order valence-electron chi connectivity index (χ0n) is 13.1. The van der Waals surface area contributed by atoms with E-state index in [4.69, 9.17) is 16.1 Å². The Bertz CT molecular complexity index is 833. The molecule has 0 radical (unpaired) electrons. The molecule has 1 atom stereocenters. The number of amides is 1. The summed E-state index contributed by atoms with van der Waals surface area (Å²) < 4.78 is 5.38. The van der Waals surface area contributed by atoms with Crippen molar-refractivity contribution in [3.8, 4) is 11.4 Å². The van der Waals surface area contributed by atoms with Crippen molar-refractivity contribution in [2.45, 2.75) is 19.4 Å². The summed E-state index contributed by atoms with van der Waals surface area (Å²) in [4.78, 5) is 15.9. The van der Waals surface area contributed by atoms with Crippen LogP contribution in [0.2, 0.25) is 5.02 Å². The molecule has 1 heterocycles. The lowest BCUT2D eigenvalue weighted by Gasteiger charge is -2.13. The Labute approximate surface area is 144 Å². The fraction of sp³-hybridized carbons (Fsp3) is 0.167. The molecule has 5 nitrogen and oxygen atoms in total. The van der Waals surface area contributed by atoms with Gasteiger partial charge in [0.1, 0.15) is 6.04 Å². The van der Waals surface area contributed by atoms with Crippen LogP contribution >= 0.6 is 11.6 Å². The third-order valence-corrected chi connectivity index (χ3v) is 3.72. The van der Waals surface area contributed by atoms with Gasteiger partial charge in [0.25, 0.3) is 0 Å². The minimum absolute atomic E-state index is 0.154. The minimum atomic E-state index is -0.384. The highest BCUT2D eigenvalue weighted by Crippen LogP contribution is 2.23. The fourth-order valence-electron chi connectivity index (χ4n) is 2.42. The molecule has 0 spiro atoms. The molecule has 0 saturated carbocycles. The van der Waals surface area contributed by atoms with Crippen molar-refractivity contribution >= 4 is 17.5 Å². The van der Waals surface area contributed by atoms with E-state index in [1.165, 1.54) is 6.92 Å². The molecule has 24 heavy (non-hydrogen) atoms. The Hall–Kier alpha value is -2.66. The second-order valence-electron chi connectivity index (χ2n) is 5.41. The molecule has 0 aliphatic heterocycles. The van der Waals surface area contributed by atoms with Gasteiger partial charge in [0.05, 0.1) is 0 Å². The van der Waals surface area contributed by atoms with Crippen LogP contribution in [-0.2, 0) is 11.2 Å². The van der Waals surface area contributed by atoms with E-state index in [-0.39, 0.29) is 11.9 Å². The molecule has 122 valence electrons. The fourth-order valence-corrected chi connectivity index (χ4v) is 2.61.